The van der Waals surface area contributed by atoms with Crippen molar-refractivity contribution in [1.29, 1.82) is 0 Å². The molecule has 0 amide bonds. The van der Waals surface area contributed by atoms with Gasteiger partial charge in [-0.2, -0.15) is 0 Å². The van der Waals surface area contributed by atoms with Gasteiger partial charge in [-0.05, 0) is 51.1 Å². The van der Waals surface area contributed by atoms with E-state index in [-0.39, 0.29) is 5.75 Å². The molecule has 4 nitrogen and oxygen atoms in total. The van der Waals surface area contributed by atoms with E-state index in [0.29, 0.717) is 12.5 Å². The second kappa shape index (κ2) is 8.06. The molecule has 0 atom stereocenters. The van der Waals surface area contributed by atoms with Gasteiger partial charge in [-0.15, -0.1) is 0 Å². The van der Waals surface area contributed by atoms with Crippen molar-refractivity contribution < 1.29 is 8.42 Å². The first kappa shape index (κ1) is 14.9. The van der Waals surface area contributed by atoms with E-state index in [4.69, 9.17) is 0 Å². The molecule has 0 aromatic heterocycles. The Morgan fingerprint density at radius 3 is 2.53 bits per heavy atom. The zero-order valence-electron chi connectivity index (χ0n) is 10.9. The van der Waals surface area contributed by atoms with Crippen LogP contribution >= 0.6 is 0 Å². The lowest BCUT2D eigenvalue weighted by atomic mass is 9.86. The monoisotopic (exact) mass is 262 g/mol. The van der Waals surface area contributed by atoms with Gasteiger partial charge < -0.3 is 5.32 Å². The second-order valence-electron chi connectivity index (χ2n) is 4.92. The Morgan fingerprint density at radius 2 is 1.94 bits per heavy atom. The molecule has 1 aliphatic rings. The summed E-state index contributed by atoms with van der Waals surface area (Å²) < 4.78 is 26.0. The number of nitrogens with one attached hydrogen (secondary N) is 2. The van der Waals surface area contributed by atoms with Crippen LogP contribution in [0.4, 0.5) is 0 Å². The third kappa shape index (κ3) is 7.01. The summed E-state index contributed by atoms with van der Waals surface area (Å²) in [6.45, 7) is 4.72. The van der Waals surface area contributed by atoms with E-state index in [2.05, 4.69) is 17.0 Å². The molecule has 0 aromatic rings. The van der Waals surface area contributed by atoms with Gasteiger partial charge in [-0.3, -0.25) is 0 Å². The van der Waals surface area contributed by atoms with Crippen LogP contribution in [0.3, 0.4) is 0 Å². The van der Waals surface area contributed by atoms with Gasteiger partial charge in [0.05, 0.1) is 5.75 Å². The largest absolute Gasteiger partial charge is 0.317 e. The van der Waals surface area contributed by atoms with Gasteiger partial charge in [-0.25, -0.2) is 13.1 Å². The minimum Gasteiger partial charge on any atom is -0.317 e. The first-order chi connectivity index (χ1) is 8.14. The van der Waals surface area contributed by atoms with Gasteiger partial charge in [0.25, 0.3) is 0 Å². The Balaban J connectivity index is 1.99. The first-order valence-electron chi connectivity index (χ1n) is 6.82. The molecule has 0 aliphatic heterocycles. The van der Waals surface area contributed by atoms with Crippen molar-refractivity contribution in [3.63, 3.8) is 0 Å². The number of hydrogen-bond acceptors (Lipinski definition) is 3. The van der Waals surface area contributed by atoms with Crippen LogP contribution in [0.5, 0.6) is 0 Å². The highest BCUT2D eigenvalue weighted by Gasteiger charge is 2.19. The molecule has 0 bridgehead atoms. The lowest BCUT2D eigenvalue weighted by molar-refractivity contribution is 0.316. The molecular weight excluding hydrogens is 236 g/mol. The van der Waals surface area contributed by atoms with Gasteiger partial charge in [0, 0.05) is 6.54 Å². The predicted octanol–water partition coefficient (Wildman–Crippen LogP) is 1.49. The van der Waals surface area contributed by atoms with Crippen molar-refractivity contribution in [2.75, 3.05) is 25.4 Å². The van der Waals surface area contributed by atoms with Gasteiger partial charge in [0.2, 0.25) is 10.0 Å². The van der Waals surface area contributed by atoms with Crippen LogP contribution in [0.1, 0.15) is 45.4 Å². The standard InChI is InChI=1S/C12H26N2O2S/c1-2-8-13-9-3-4-10-17(15,16)14-11-12-6-5-7-12/h12-14H,2-11H2,1H3. The smallest absolute Gasteiger partial charge is 0.211 e. The summed E-state index contributed by atoms with van der Waals surface area (Å²) in [6, 6.07) is 0. The van der Waals surface area contributed by atoms with Gasteiger partial charge in [0.1, 0.15) is 0 Å². The first-order valence-corrected chi connectivity index (χ1v) is 8.47. The van der Waals surface area contributed by atoms with E-state index in [1.807, 2.05) is 0 Å². The fraction of sp³-hybridized carbons (Fsp3) is 1.00. The molecule has 102 valence electrons. The molecular formula is C12H26N2O2S. The summed E-state index contributed by atoms with van der Waals surface area (Å²) in [5.74, 6) is 0.865. The van der Waals surface area contributed by atoms with Crippen LogP contribution in [-0.4, -0.2) is 33.8 Å². The Kier molecular flexibility index (Phi) is 7.08. The van der Waals surface area contributed by atoms with Crippen molar-refractivity contribution in [3.8, 4) is 0 Å². The summed E-state index contributed by atoms with van der Waals surface area (Å²) in [7, 11) is -3.02. The van der Waals surface area contributed by atoms with Crippen LogP contribution < -0.4 is 10.0 Å². The highest BCUT2D eigenvalue weighted by atomic mass is 32.2. The SMILES string of the molecule is CCCNCCCCS(=O)(=O)NCC1CCC1. The van der Waals surface area contributed by atoms with E-state index >= 15 is 0 Å². The summed E-state index contributed by atoms with van der Waals surface area (Å²) in [4.78, 5) is 0. The maximum atomic E-state index is 11.6. The summed E-state index contributed by atoms with van der Waals surface area (Å²) >= 11 is 0. The molecule has 1 fully saturated rings. The van der Waals surface area contributed by atoms with Gasteiger partial charge >= 0.3 is 0 Å². The Bertz CT molecular complexity index is 287. The predicted molar refractivity (Wildman–Crippen MR) is 71.5 cm³/mol. The highest BCUT2D eigenvalue weighted by molar-refractivity contribution is 7.89. The lowest BCUT2D eigenvalue weighted by Gasteiger charge is -2.25. The van der Waals surface area contributed by atoms with Crippen molar-refractivity contribution in [2.45, 2.75) is 45.4 Å². The average molecular weight is 262 g/mol. The maximum Gasteiger partial charge on any atom is 0.211 e. The minimum absolute atomic E-state index is 0.271. The molecule has 0 spiro atoms. The molecule has 0 heterocycles. The summed E-state index contributed by atoms with van der Waals surface area (Å²) in [6.07, 6.45) is 6.44. The molecule has 5 heteroatoms. The third-order valence-corrected chi connectivity index (χ3v) is 4.69. The zero-order valence-corrected chi connectivity index (χ0v) is 11.7. The maximum absolute atomic E-state index is 11.6. The molecule has 0 radical (unpaired) electrons. The van der Waals surface area contributed by atoms with Crippen LogP contribution in [0, 0.1) is 5.92 Å². The Morgan fingerprint density at radius 1 is 1.18 bits per heavy atom. The van der Waals surface area contributed by atoms with Gasteiger partial charge in [0.15, 0.2) is 0 Å². The minimum atomic E-state index is -3.02. The van der Waals surface area contributed by atoms with Crippen molar-refractivity contribution in [2.24, 2.45) is 5.92 Å². The number of sulfonamides is 1. The van der Waals surface area contributed by atoms with Crippen LogP contribution in [-0.2, 0) is 10.0 Å². The third-order valence-electron chi connectivity index (χ3n) is 3.26. The summed E-state index contributed by atoms with van der Waals surface area (Å²) in [5, 5.41) is 3.27. The topological polar surface area (TPSA) is 58.2 Å². The molecule has 1 rings (SSSR count). The van der Waals surface area contributed by atoms with Crippen molar-refractivity contribution in [1.82, 2.24) is 10.0 Å². The van der Waals surface area contributed by atoms with Crippen LogP contribution in [0.2, 0.25) is 0 Å². The van der Waals surface area contributed by atoms with E-state index in [1.54, 1.807) is 0 Å². The van der Waals surface area contributed by atoms with Crippen molar-refractivity contribution >= 4 is 10.0 Å². The molecule has 1 aliphatic carbocycles. The van der Waals surface area contributed by atoms with Crippen molar-refractivity contribution in [3.05, 3.63) is 0 Å². The molecule has 2 N–H and O–H groups in total. The van der Waals surface area contributed by atoms with E-state index in [0.717, 1.165) is 32.4 Å². The zero-order chi connectivity index (χ0) is 12.6. The summed E-state index contributed by atoms with van der Waals surface area (Å²) in [5.41, 5.74) is 0. The molecule has 17 heavy (non-hydrogen) atoms. The fourth-order valence-corrected chi connectivity index (χ4v) is 3.08. The highest BCUT2D eigenvalue weighted by Crippen LogP contribution is 2.25. The second-order valence-corrected chi connectivity index (χ2v) is 6.85. The van der Waals surface area contributed by atoms with E-state index in [1.165, 1.54) is 19.3 Å². The number of hydrogen-bond donors (Lipinski definition) is 2. The van der Waals surface area contributed by atoms with Gasteiger partial charge in [-0.1, -0.05) is 13.3 Å². The molecule has 1 saturated carbocycles. The van der Waals surface area contributed by atoms with E-state index < -0.39 is 10.0 Å². The lowest BCUT2D eigenvalue weighted by Crippen LogP contribution is -2.33. The number of rotatable bonds is 10. The Hall–Kier alpha value is -0.130. The molecule has 0 aromatic carbocycles. The number of unbranched alkanes of at least 4 members (excludes halogenated alkanes) is 1. The normalized spacial score (nSPS) is 17.0. The quantitative estimate of drug-likeness (QED) is 0.586. The fourth-order valence-electron chi connectivity index (χ4n) is 1.86. The molecule has 0 unspecified atom stereocenters. The Labute approximate surface area is 106 Å². The van der Waals surface area contributed by atoms with E-state index in [9.17, 15) is 8.42 Å². The average Bonchev–Trinajstić information content (AvgIpc) is 2.21. The van der Waals surface area contributed by atoms with Crippen LogP contribution in [0.15, 0.2) is 0 Å². The van der Waals surface area contributed by atoms with Crippen LogP contribution in [0.25, 0.3) is 0 Å². The molecule has 0 saturated heterocycles.